The molecule has 0 spiro atoms. The Kier molecular flexibility index (Phi) is 3.65. The number of nitrogens with two attached hydrogens (primary N) is 1. The zero-order valence-corrected chi connectivity index (χ0v) is 10.3. The number of halogens is 1. The van der Waals surface area contributed by atoms with E-state index in [1.807, 2.05) is 0 Å². The summed E-state index contributed by atoms with van der Waals surface area (Å²) < 4.78 is 6.82. The molecule has 0 fully saturated rings. The first-order valence-electron chi connectivity index (χ1n) is 5.45. The maximum absolute atomic E-state index is 5.66. The second-order valence-electron chi connectivity index (χ2n) is 3.90. The van der Waals surface area contributed by atoms with E-state index in [0.717, 1.165) is 49.1 Å². The molecule has 0 aromatic heterocycles. The summed E-state index contributed by atoms with van der Waals surface area (Å²) in [7, 11) is 0. The molecule has 1 heterocycles. The second-order valence-corrected chi connectivity index (χ2v) is 4.81. The first kappa shape index (κ1) is 11.0. The third-order valence-electron chi connectivity index (χ3n) is 2.73. The van der Waals surface area contributed by atoms with Crippen LogP contribution in [-0.2, 0) is 12.8 Å². The summed E-state index contributed by atoms with van der Waals surface area (Å²) in [5, 5.41) is 0. The Labute approximate surface area is 98.9 Å². The van der Waals surface area contributed by atoms with Gasteiger partial charge in [0, 0.05) is 10.9 Å². The summed E-state index contributed by atoms with van der Waals surface area (Å²) in [5.74, 6) is 1.12. The number of benzene rings is 1. The molecule has 0 bridgehead atoms. The Hall–Kier alpha value is -0.540. The van der Waals surface area contributed by atoms with Crippen LogP contribution in [0.5, 0.6) is 5.75 Å². The minimum atomic E-state index is 0.775. The van der Waals surface area contributed by atoms with Crippen LogP contribution in [0.15, 0.2) is 16.6 Å². The molecule has 2 rings (SSSR count). The average Bonchev–Trinajstić information content (AvgIpc) is 2.65. The molecular formula is C12H16BrNO. The highest BCUT2D eigenvalue weighted by molar-refractivity contribution is 9.10. The van der Waals surface area contributed by atoms with Gasteiger partial charge in [0.25, 0.3) is 0 Å². The lowest BCUT2D eigenvalue weighted by Crippen LogP contribution is -2.00. The van der Waals surface area contributed by atoms with Gasteiger partial charge in [-0.15, -0.1) is 0 Å². The van der Waals surface area contributed by atoms with Crippen molar-refractivity contribution < 1.29 is 4.74 Å². The molecule has 0 saturated heterocycles. The van der Waals surface area contributed by atoms with E-state index in [9.17, 15) is 0 Å². The van der Waals surface area contributed by atoms with E-state index in [4.69, 9.17) is 10.5 Å². The highest BCUT2D eigenvalue weighted by Gasteiger charge is 2.16. The first-order chi connectivity index (χ1) is 7.31. The number of unbranched alkanes of at least 4 members (excludes halogenated alkanes) is 1. The van der Waals surface area contributed by atoms with Crippen LogP contribution in [0.25, 0.3) is 0 Å². The molecule has 0 radical (unpaired) electrons. The number of hydrogen-bond donors (Lipinski definition) is 1. The Morgan fingerprint density at radius 2 is 2.20 bits per heavy atom. The van der Waals surface area contributed by atoms with E-state index in [-0.39, 0.29) is 0 Å². The topological polar surface area (TPSA) is 35.2 Å². The van der Waals surface area contributed by atoms with Gasteiger partial charge in [-0.1, -0.05) is 15.9 Å². The fourth-order valence-corrected chi connectivity index (χ4v) is 2.54. The predicted molar refractivity (Wildman–Crippen MR) is 65.3 cm³/mol. The summed E-state index contributed by atoms with van der Waals surface area (Å²) in [6.45, 7) is 1.60. The van der Waals surface area contributed by atoms with Crippen molar-refractivity contribution in [2.45, 2.75) is 25.7 Å². The number of rotatable bonds is 4. The van der Waals surface area contributed by atoms with Gasteiger partial charge in [-0.05, 0) is 49.1 Å². The smallest absolute Gasteiger partial charge is 0.125 e. The molecular weight excluding hydrogens is 254 g/mol. The lowest BCUT2D eigenvalue weighted by atomic mass is 10.0. The van der Waals surface area contributed by atoms with Crippen molar-refractivity contribution in [3.63, 3.8) is 0 Å². The largest absolute Gasteiger partial charge is 0.493 e. The molecule has 82 valence electrons. The van der Waals surface area contributed by atoms with E-state index >= 15 is 0 Å². The lowest BCUT2D eigenvalue weighted by molar-refractivity contribution is 0.353. The quantitative estimate of drug-likeness (QED) is 0.854. The summed E-state index contributed by atoms with van der Waals surface area (Å²) in [5.41, 5.74) is 8.16. The second kappa shape index (κ2) is 4.99. The molecule has 1 aromatic carbocycles. The normalized spacial score (nSPS) is 13.7. The lowest BCUT2D eigenvalue weighted by Gasteiger charge is -2.08. The number of ether oxygens (including phenoxy) is 1. The van der Waals surface area contributed by atoms with E-state index < -0.39 is 0 Å². The fraction of sp³-hybridized carbons (Fsp3) is 0.500. The van der Waals surface area contributed by atoms with Crippen molar-refractivity contribution in [3.05, 3.63) is 27.7 Å². The van der Waals surface area contributed by atoms with Crippen LogP contribution < -0.4 is 10.5 Å². The molecule has 0 atom stereocenters. The number of hydrogen-bond acceptors (Lipinski definition) is 2. The molecule has 2 N–H and O–H groups in total. The van der Waals surface area contributed by atoms with Gasteiger partial charge in [-0.3, -0.25) is 0 Å². The Bertz CT molecular complexity index is 352. The number of fused-ring (bicyclic) bond motifs is 1. The Morgan fingerprint density at radius 1 is 1.33 bits per heavy atom. The molecule has 0 saturated carbocycles. The zero-order valence-electron chi connectivity index (χ0n) is 8.76. The van der Waals surface area contributed by atoms with Gasteiger partial charge in [0.1, 0.15) is 5.75 Å². The fourth-order valence-electron chi connectivity index (χ4n) is 1.99. The molecule has 0 unspecified atom stereocenters. The van der Waals surface area contributed by atoms with Crippen LogP contribution >= 0.6 is 15.9 Å². The van der Waals surface area contributed by atoms with Crippen molar-refractivity contribution in [1.29, 1.82) is 0 Å². The van der Waals surface area contributed by atoms with E-state index in [1.54, 1.807) is 0 Å². The van der Waals surface area contributed by atoms with Gasteiger partial charge in [-0.25, -0.2) is 0 Å². The molecule has 0 amide bonds. The minimum absolute atomic E-state index is 0.775. The van der Waals surface area contributed by atoms with Crippen molar-refractivity contribution >= 4 is 15.9 Å². The van der Waals surface area contributed by atoms with Crippen molar-refractivity contribution in [1.82, 2.24) is 0 Å². The first-order valence-corrected chi connectivity index (χ1v) is 6.24. The highest BCUT2D eigenvalue weighted by atomic mass is 79.9. The number of aryl methyl sites for hydroxylation is 1. The maximum atomic E-state index is 5.66. The summed E-state index contributed by atoms with van der Waals surface area (Å²) in [4.78, 5) is 0. The van der Waals surface area contributed by atoms with Crippen LogP contribution in [0.1, 0.15) is 24.0 Å². The molecule has 2 nitrogen and oxygen atoms in total. The zero-order chi connectivity index (χ0) is 10.7. The van der Waals surface area contributed by atoms with Gasteiger partial charge < -0.3 is 10.5 Å². The van der Waals surface area contributed by atoms with Gasteiger partial charge in [-0.2, -0.15) is 0 Å². The van der Waals surface area contributed by atoms with E-state index in [2.05, 4.69) is 28.1 Å². The van der Waals surface area contributed by atoms with Crippen LogP contribution in [0.4, 0.5) is 0 Å². The van der Waals surface area contributed by atoms with E-state index in [0.29, 0.717) is 0 Å². The standard InChI is InChI=1S/C12H16BrNO/c13-11-7-9(3-1-2-5-14)12-10(8-11)4-6-15-12/h7-8H,1-6,14H2. The summed E-state index contributed by atoms with van der Waals surface area (Å²) >= 11 is 3.54. The van der Waals surface area contributed by atoms with Crippen LogP contribution in [-0.4, -0.2) is 13.2 Å². The van der Waals surface area contributed by atoms with Crippen molar-refractivity contribution in [3.8, 4) is 5.75 Å². The molecule has 3 heteroatoms. The minimum Gasteiger partial charge on any atom is -0.493 e. The van der Waals surface area contributed by atoms with Gasteiger partial charge in [0.15, 0.2) is 0 Å². The Balaban J connectivity index is 2.15. The third kappa shape index (κ3) is 2.52. The molecule has 15 heavy (non-hydrogen) atoms. The van der Waals surface area contributed by atoms with E-state index in [1.165, 1.54) is 11.1 Å². The SMILES string of the molecule is NCCCCc1cc(Br)cc2c1OCC2. The molecule has 0 aliphatic carbocycles. The summed E-state index contributed by atoms with van der Waals surface area (Å²) in [6.07, 6.45) is 4.33. The van der Waals surface area contributed by atoms with Crippen LogP contribution in [0.2, 0.25) is 0 Å². The predicted octanol–water partition coefficient (Wildman–Crippen LogP) is 2.67. The van der Waals surface area contributed by atoms with Crippen molar-refractivity contribution in [2.24, 2.45) is 5.73 Å². The Morgan fingerprint density at radius 3 is 3.00 bits per heavy atom. The van der Waals surface area contributed by atoms with Gasteiger partial charge in [0.05, 0.1) is 6.61 Å². The average molecular weight is 270 g/mol. The molecule has 1 aliphatic rings. The maximum Gasteiger partial charge on any atom is 0.125 e. The van der Waals surface area contributed by atoms with Crippen molar-refractivity contribution in [2.75, 3.05) is 13.2 Å². The summed E-state index contributed by atoms with van der Waals surface area (Å²) in [6, 6.07) is 4.33. The van der Waals surface area contributed by atoms with Gasteiger partial charge in [0.2, 0.25) is 0 Å². The van der Waals surface area contributed by atoms with Crippen LogP contribution in [0.3, 0.4) is 0 Å². The molecule has 1 aromatic rings. The molecule has 1 aliphatic heterocycles. The van der Waals surface area contributed by atoms with Gasteiger partial charge >= 0.3 is 0 Å². The highest BCUT2D eigenvalue weighted by Crippen LogP contribution is 2.33. The monoisotopic (exact) mass is 269 g/mol. The van der Waals surface area contributed by atoms with Crippen LogP contribution in [0, 0.1) is 0 Å². The third-order valence-corrected chi connectivity index (χ3v) is 3.18.